The third kappa shape index (κ3) is 3.50. The topological polar surface area (TPSA) is 49.3 Å². The molecule has 82 valence electrons. The van der Waals surface area contributed by atoms with Crippen molar-refractivity contribution < 1.29 is 9.90 Å². The van der Waals surface area contributed by atoms with Crippen LogP contribution in [-0.2, 0) is 4.79 Å². The van der Waals surface area contributed by atoms with Gasteiger partial charge >= 0.3 is 5.97 Å². The number of carbonyl (C=O) groups is 1. The second kappa shape index (κ2) is 5.61. The fourth-order valence-corrected chi connectivity index (χ4v) is 2.57. The first kappa shape index (κ1) is 11.9. The standard InChI is InChI=1S/C10H19NO2S/c1-7(10(12)13)6-11-8-3-4-9(5-8)14-2/h7-9,11H,3-6H2,1-2H3,(H,12,13). The van der Waals surface area contributed by atoms with Crippen LogP contribution in [0.25, 0.3) is 0 Å². The third-order valence-electron chi connectivity index (χ3n) is 2.85. The molecule has 1 saturated carbocycles. The molecule has 0 amide bonds. The van der Waals surface area contributed by atoms with Crippen molar-refractivity contribution >= 4 is 17.7 Å². The van der Waals surface area contributed by atoms with Gasteiger partial charge in [0.05, 0.1) is 5.92 Å². The highest BCUT2D eigenvalue weighted by Gasteiger charge is 2.24. The summed E-state index contributed by atoms with van der Waals surface area (Å²) in [6.07, 6.45) is 5.79. The van der Waals surface area contributed by atoms with E-state index in [4.69, 9.17) is 5.11 Å². The molecule has 0 aliphatic heterocycles. The fourth-order valence-electron chi connectivity index (χ4n) is 1.77. The molecule has 0 spiro atoms. The molecule has 0 aromatic carbocycles. The van der Waals surface area contributed by atoms with E-state index in [0.29, 0.717) is 12.6 Å². The van der Waals surface area contributed by atoms with Gasteiger partial charge in [-0.25, -0.2) is 0 Å². The molecule has 1 aliphatic rings. The number of carboxylic acid groups (broad SMARTS) is 1. The molecule has 3 atom stereocenters. The highest BCUT2D eigenvalue weighted by molar-refractivity contribution is 7.99. The van der Waals surface area contributed by atoms with Crippen molar-refractivity contribution in [2.75, 3.05) is 12.8 Å². The molecule has 14 heavy (non-hydrogen) atoms. The van der Waals surface area contributed by atoms with Crippen molar-refractivity contribution in [3.8, 4) is 0 Å². The number of thioether (sulfide) groups is 1. The minimum Gasteiger partial charge on any atom is -0.481 e. The Morgan fingerprint density at radius 2 is 2.36 bits per heavy atom. The van der Waals surface area contributed by atoms with Crippen LogP contribution in [-0.4, -0.2) is 35.2 Å². The van der Waals surface area contributed by atoms with Gasteiger partial charge in [0.15, 0.2) is 0 Å². The van der Waals surface area contributed by atoms with Crippen molar-refractivity contribution in [1.29, 1.82) is 0 Å². The van der Waals surface area contributed by atoms with Crippen LogP contribution in [0, 0.1) is 5.92 Å². The van der Waals surface area contributed by atoms with Crippen LogP contribution in [0.5, 0.6) is 0 Å². The summed E-state index contributed by atoms with van der Waals surface area (Å²) in [7, 11) is 0. The summed E-state index contributed by atoms with van der Waals surface area (Å²) in [4.78, 5) is 10.6. The molecule has 3 nitrogen and oxygen atoms in total. The van der Waals surface area contributed by atoms with Gasteiger partial charge in [0, 0.05) is 17.8 Å². The molecule has 0 heterocycles. The summed E-state index contributed by atoms with van der Waals surface area (Å²) in [5.41, 5.74) is 0. The normalized spacial score (nSPS) is 29.0. The molecule has 0 radical (unpaired) electrons. The van der Waals surface area contributed by atoms with Crippen LogP contribution in [0.2, 0.25) is 0 Å². The van der Waals surface area contributed by atoms with Gasteiger partial charge in [0.25, 0.3) is 0 Å². The molecule has 1 aliphatic carbocycles. The SMILES string of the molecule is CSC1CCC(NCC(C)C(=O)O)C1. The minimum atomic E-state index is -0.711. The average molecular weight is 217 g/mol. The number of hydrogen-bond acceptors (Lipinski definition) is 3. The van der Waals surface area contributed by atoms with Crippen molar-refractivity contribution in [2.24, 2.45) is 5.92 Å². The molecular formula is C10H19NO2S. The van der Waals surface area contributed by atoms with E-state index in [1.807, 2.05) is 11.8 Å². The van der Waals surface area contributed by atoms with Crippen LogP contribution in [0.15, 0.2) is 0 Å². The Bertz CT molecular complexity index is 199. The van der Waals surface area contributed by atoms with E-state index in [1.54, 1.807) is 6.92 Å². The van der Waals surface area contributed by atoms with E-state index < -0.39 is 5.97 Å². The van der Waals surface area contributed by atoms with Crippen LogP contribution in [0.4, 0.5) is 0 Å². The maximum Gasteiger partial charge on any atom is 0.307 e. The lowest BCUT2D eigenvalue weighted by Gasteiger charge is -2.14. The summed E-state index contributed by atoms with van der Waals surface area (Å²) in [6.45, 7) is 2.34. The Balaban J connectivity index is 2.17. The largest absolute Gasteiger partial charge is 0.481 e. The van der Waals surface area contributed by atoms with Gasteiger partial charge in [0.1, 0.15) is 0 Å². The summed E-state index contributed by atoms with van der Waals surface area (Å²) >= 11 is 1.92. The zero-order chi connectivity index (χ0) is 10.6. The first-order valence-corrected chi connectivity index (χ1v) is 6.41. The lowest BCUT2D eigenvalue weighted by atomic mass is 10.1. The monoisotopic (exact) mass is 217 g/mol. The molecule has 4 heteroatoms. The second-order valence-electron chi connectivity index (χ2n) is 4.02. The number of hydrogen-bond donors (Lipinski definition) is 2. The Kier molecular flexibility index (Phi) is 4.75. The molecule has 0 saturated heterocycles. The van der Waals surface area contributed by atoms with Gasteiger partial charge in [-0.1, -0.05) is 6.92 Å². The number of aliphatic carboxylic acids is 1. The molecule has 0 bridgehead atoms. The molecule has 3 unspecified atom stereocenters. The molecule has 2 N–H and O–H groups in total. The van der Waals surface area contributed by atoms with Gasteiger partial charge in [-0.3, -0.25) is 4.79 Å². The van der Waals surface area contributed by atoms with E-state index in [-0.39, 0.29) is 5.92 Å². The van der Waals surface area contributed by atoms with Crippen molar-refractivity contribution in [1.82, 2.24) is 5.32 Å². The lowest BCUT2D eigenvalue weighted by molar-refractivity contribution is -0.140. The Labute approximate surface area is 89.6 Å². The van der Waals surface area contributed by atoms with E-state index in [0.717, 1.165) is 5.25 Å². The minimum absolute atomic E-state index is 0.275. The highest BCUT2D eigenvalue weighted by Crippen LogP contribution is 2.28. The highest BCUT2D eigenvalue weighted by atomic mass is 32.2. The summed E-state index contributed by atoms with van der Waals surface area (Å²) < 4.78 is 0. The van der Waals surface area contributed by atoms with Crippen molar-refractivity contribution in [3.05, 3.63) is 0 Å². The van der Waals surface area contributed by atoms with Gasteiger partial charge in [-0.2, -0.15) is 11.8 Å². The summed E-state index contributed by atoms with van der Waals surface area (Å²) in [5.74, 6) is -0.986. The van der Waals surface area contributed by atoms with Gasteiger partial charge < -0.3 is 10.4 Å². The first-order valence-electron chi connectivity index (χ1n) is 5.12. The maximum atomic E-state index is 10.6. The summed E-state index contributed by atoms with van der Waals surface area (Å²) in [6, 6.07) is 0.536. The van der Waals surface area contributed by atoms with Gasteiger partial charge in [-0.15, -0.1) is 0 Å². The van der Waals surface area contributed by atoms with Gasteiger partial charge in [0.2, 0.25) is 0 Å². The van der Waals surface area contributed by atoms with Gasteiger partial charge in [-0.05, 0) is 25.5 Å². The van der Waals surface area contributed by atoms with E-state index in [9.17, 15) is 4.79 Å². The van der Waals surface area contributed by atoms with E-state index >= 15 is 0 Å². The smallest absolute Gasteiger partial charge is 0.307 e. The predicted molar refractivity (Wildman–Crippen MR) is 59.7 cm³/mol. The number of carboxylic acids is 1. The number of nitrogens with one attached hydrogen (secondary N) is 1. The molecule has 0 aromatic heterocycles. The Morgan fingerprint density at radius 1 is 1.64 bits per heavy atom. The number of rotatable bonds is 5. The molecule has 1 rings (SSSR count). The summed E-state index contributed by atoms with van der Waals surface area (Å²) in [5, 5.41) is 12.8. The van der Waals surface area contributed by atoms with Crippen molar-refractivity contribution in [3.63, 3.8) is 0 Å². The Hall–Kier alpha value is -0.220. The van der Waals surface area contributed by atoms with Crippen LogP contribution >= 0.6 is 11.8 Å². The van der Waals surface area contributed by atoms with E-state index in [1.165, 1.54) is 19.3 Å². The fraction of sp³-hybridized carbons (Fsp3) is 0.900. The zero-order valence-corrected chi connectivity index (χ0v) is 9.64. The van der Waals surface area contributed by atoms with Crippen LogP contribution in [0.3, 0.4) is 0 Å². The molecule has 0 aromatic rings. The third-order valence-corrected chi connectivity index (χ3v) is 3.95. The molecule has 1 fully saturated rings. The first-order chi connectivity index (χ1) is 6.63. The predicted octanol–water partition coefficient (Wildman–Crippen LogP) is 1.58. The van der Waals surface area contributed by atoms with E-state index in [2.05, 4.69) is 11.6 Å². The molecular weight excluding hydrogens is 198 g/mol. The maximum absolute atomic E-state index is 10.6. The lowest BCUT2D eigenvalue weighted by Crippen LogP contribution is -2.33. The average Bonchev–Trinajstić information content (AvgIpc) is 2.61. The van der Waals surface area contributed by atoms with Crippen LogP contribution in [0.1, 0.15) is 26.2 Å². The van der Waals surface area contributed by atoms with Crippen LogP contribution < -0.4 is 5.32 Å². The van der Waals surface area contributed by atoms with Crippen molar-refractivity contribution in [2.45, 2.75) is 37.5 Å². The zero-order valence-electron chi connectivity index (χ0n) is 8.82. The second-order valence-corrected chi connectivity index (χ2v) is 5.15. The quantitative estimate of drug-likeness (QED) is 0.734. The Morgan fingerprint density at radius 3 is 2.86 bits per heavy atom.